The van der Waals surface area contributed by atoms with Crippen molar-refractivity contribution in [2.75, 3.05) is 31.1 Å². The number of thioether (sulfide) groups is 1. The zero-order chi connectivity index (χ0) is 21.1. The van der Waals surface area contributed by atoms with Crippen LogP contribution in [0.25, 0.3) is 0 Å². The number of hydrogen-bond acceptors (Lipinski definition) is 3. The molecule has 0 bridgehead atoms. The van der Waals surface area contributed by atoms with Gasteiger partial charge in [0.1, 0.15) is 5.82 Å². The molecule has 2 heterocycles. The molecule has 4 nitrogen and oxygen atoms in total. The number of amides is 2. The van der Waals surface area contributed by atoms with Crippen molar-refractivity contribution in [1.29, 1.82) is 0 Å². The van der Waals surface area contributed by atoms with E-state index in [-0.39, 0.29) is 23.8 Å². The molecule has 0 radical (unpaired) electrons. The van der Waals surface area contributed by atoms with Gasteiger partial charge >= 0.3 is 0 Å². The summed E-state index contributed by atoms with van der Waals surface area (Å²) in [5.74, 6) is 1.24. The van der Waals surface area contributed by atoms with E-state index in [1.54, 1.807) is 17.0 Å². The number of carbonyl (C=O) groups excluding carboxylic acids is 2. The Bertz CT molecular complexity index is 929. The van der Waals surface area contributed by atoms with Gasteiger partial charge in [-0.15, -0.1) is 0 Å². The van der Waals surface area contributed by atoms with Crippen LogP contribution in [0, 0.1) is 18.7 Å². The second-order valence-electron chi connectivity index (χ2n) is 8.11. The van der Waals surface area contributed by atoms with Crippen LogP contribution in [0.5, 0.6) is 0 Å². The van der Waals surface area contributed by atoms with E-state index in [1.807, 2.05) is 41.8 Å². The highest BCUT2D eigenvalue weighted by Gasteiger charge is 2.37. The highest BCUT2D eigenvalue weighted by Crippen LogP contribution is 2.36. The van der Waals surface area contributed by atoms with Crippen LogP contribution in [0.1, 0.15) is 40.4 Å². The molecule has 6 heteroatoms. The topological polar surface area (TPSA) is 40.6 Å². The Morgan fingerprint density at radius 1 is 1.03 bits per heavy atom. The first-order chi connectivity index (χ1) is 14.5. The van der Waals surface area contributed by atoms with Crippen molar-refractivity contribution in [1.82, 2.24) is 9.80 Å². The molecule has 2 saturated heterocycles. The summed E-state index contributed by atoms with van der Waals surface area (Å²) in [6, 6.07) is 13.9. The monoisotopic (exact) mass is 426 g/mol. The van der Waals surface area contributed by atoms with Gasteiger partial charge in [0.25, 0.3) is 5.91 Å². The largest absolute Gasteiger partial charge is 0.341 e. The van der Waals surface area contributed by atoms with E-state index in [2.05, 4.69) is 6.07 Å². The molecular weight excluding hydrogens is 399 g/mol. The van der Waals surface area contributed by atoms with E-state index < -0.39 is 5.82 Å². The Morgan fingerprint density at radius 3 is 2.53 bits per heavy atom. The summed E-state index contributed by atoms with van der Waals surface area (Å²) >= 11 is 1.87. The Kier molecular flexibility index (Phi) is 6.42. The van der Waals surface area contributed by atoms with Crippen LogP contribution in [0.3, 0.4) is 0 Å². The Hall–Kier alpha value is -2.34. The Morgan fingerprint density at radius 2 is 1.80 bits per heavy atom. The third-order valence-electron chi connectivity index (χ3n) is 6.01. The smallest absolute Gasteiger partial charge is 0.254 e. The molecule has 30 heavy (non-hydrogen) atoms. The minimum atomic E-state index is -0.427. The first-order valence-corrected chi connectivity index (χ1v) is 11.7. The van der Waals surface area contributed by atoms with Gasteiger partial charge in [-0.05, 0) is 43.5 Å². The highest BCUT2D eigenvalue weighted by atomic mass is 32.2. The Labute approximate surface area is 181 Å². The Balaban J connectivity index is 1.61. The van der Waals surface area contributed by atoms with Crippen LogP contribution in [0.2, 0.25) is 0 Å². The fraction of sp³-hybridized carbons (Fsp3) is 0.417. The molecule has 0 N–H and O–H groups in total. The predicted molar refractivity (Wildman–Crippen MR) is 118 cm³/mol. The average molecular weight is 427 g/mol. The van der Waals surface area contributed by atoms with Crippen LogP contribution >= 0.6 is 11.8 Å². The maximum atomic E-state index is 13.8. The maximum absolute atomic E-state index is 13.8. The molecule has 2 unspecified atom stereocenters. The zero-order valence-electron chi connectivity index (χ0n) is 17.2. The molecule has 0 aliphatic carbocycles. The number of nitrogens with zero attached hydrogens (tertiary/aromatic N) is 2. The summed E-state index contributed by atoms with van der Waals surface area (Å²) in [6.45, 7) is 3.96. The lowest BCUT2D eigenvalue weighted by molar-refractivity contribution is -0.137. The third-order valence-corrected chi connectivity index (χ3v) is 6.96. The van der Waals surface area contributed by atoms with Crippen molar-refractivity contribution in [3.8, 4) is 0 Å². The molecule has 0 aromatic heterocycles. The molecular formula is C24H27FN2O2S. The van der Waals surface area contributed by atoms with Gasteiger partial charge in [0.2, 0.25) is 5.91 Å². The summed E-state index contributed by atoms with van der Waals surface area (Å²) < 4.78 is 13.8. The van der Waals surface area contributed by atoms with Crippen LogP contribution in [0.4, 0.5) is 4.39 Å². The molecule has 2 amide bonds. The summed E-state index contributed by atoms with van der Waals surface area (Å²) in [4.78, 5) is 30.3. The number of hydrogen-bond donors (Lipinski definition) is 0. The third kappa shape index (κ3) is 4.53. The van der Waals surface area contributed by atoms with Crippen LogP contribution in [-0.2, 0) is 4.79 Å². The van der Waals surface area contributed by atoms with E-state index in [0.717, 1.165) is 48.6 Å². The van der Waals surface area contributed by atoms with Gasteiger partial charge in [-0.3, -0.25) is 9.59 Å². The SMILES string of the molecule is Cc1cccc(C2CCC(C(=O)N3CCSCC3)CN2C(=O)c2cccc(F)c2)c1. The number of carbonyl (C=O) groups is 2. The molecule has 2 fully saturated rings. The molecule has 0 saturated carbocycles. The van der Waals surface area contributed by atoms with Crippen molar-refractivity contribution in [2.24, 2.45) is 5.92 Å². The molecule has 2 aliphatic rings. The number of halogens is 1. The highest BCUT2D eigenvalue weighted by molar-refractivity contribution is 7.99. The number of rotatable bonds is 3. The van der Waals surface area contributed by atoms with Gasteiger partial charge < -0.3 is 9.80 Å². The first-order valence-electron chi connectivity index (χ1n) is 10.5. The van der Waals surface area contributed by atoms with E-state index in [4.69, 9.17) is 0 Å². The maximum Gasteiger partial charge on any atom is 0.254 e. The molecule has 2 aliphatic heterocycles. The van der Waals surface area contributed by atoms with Crippen molar-refractivity contribution in [3.05, 3.63) is 71.0 Å². The van der Waals surface area contributed by atoms with Gasteiger partial charge in [0, 0.05) is 36.7 Å². The van der Waals surface area contributed by atoms with Gasteiger partial charge in [-0.1, -0.05) is 35.9 Å². The van der Waals surface area contributed by atoms with E-state index >= 15 is 0 Å². The lowest BCUT2D eigenvalue weighted by Crippen LogP contribution is -2.49. The predicted octanol–water partition coefficient (Wildman–Crippen LogP) is 4.30. The van der Waals surface area contributed by atoms with Gasteiger partial charge in [0.15, 0.2) is 0 Å². The van der Waals surface area contributed by atoms with Crippen molar-refractivity contribution in [3.63, 3.8) is 0 Å². The number of piperidine rings is 1. The van der Waals surface area contributed by atoms with E-state index in [1.165, 1.54) is 12.1 Å². The summed E-state index contributed by atoms with van der Waals surface area (Å²) in [6.07, 6.45) is 1.48. The molecule has 2 aromatic rings. The summed E-state index contributed by atoms with van der Waals surface area (Å²) in [5.41, 5.74) is 2.53. The zero-order valence-corrected chi connectivity index (χ0v) is 18.0. The minimum Gasteiger partial charge on any atom is -0.341 e. The first kappa shape index (κ1) is 20.9. The van der Waals surface area contributed by atoms with Crippen molar-refractivity contribution >= 4 is 23.6 Å². The average Bonchev–Trinajstić information content (AvgIpc) is 2.78. The number of aryl methyl sites for hydroxylation is 1. The van der Waals surface area contributed by atoms with Gasteiger partial charge in [0.05, 0.1) is 12.0 Å². The van der Waals surface area contributed by atoms with Crippen molar-refractivity contribution < 1.29 is 14.0 Å². The van der Waals surface area contributed by atoms with E-state index in [0.29, 0.717) is 12.1 Å². The standard InChI is InChI=1S/C24H27FN2O2S/c1-17-4-2-5-18(14-17)22-9-8-20(23(28)26-10-12-30-13-11-26)16-27(22)24(29)19-6-3-7-21(25)15-19/h2-7,14-15,20,22H,8-13,16H2,1H3. The minimum absolute atomic E-state index is 0.110. The summed E-state index contributed by atoms with van der Waals surface area (Å²) in [5, 5.41) is 0. The fourth-order valence-corrected chi connectivity index (χ4v) is 5.35. The van der Waals surface area contributed by atoms with Gasteiger partial charge in [-0.25, -0.2) is 4.39 Å². The normalized spacial score (nSPS) is 22.1. The van der Waals surface area contributed by atoms with Gasteiger partial charge in [-0.2, -0.15) is 11.8 Å². The lowest BCUT2D eigenvalue weighted by atomic mass is 9.87. The second-order valence-corrected chi connectivity index (χ2v) is 9.33. The second kappa shape index (κ2) is 9.21. The quantitative estimate of drug-likeness (QED) is 0.735. The lowest BCUT2D eigenvalue weighted by Gasteiger charge is -2.41. The van der Waals surface area contributed by atoms with Crippen LogP contribution in [-0.4, -0.2) is 52.8 Å². The molecule has 2 atom stereocenters. The molecule has 4 rings (SSSR count). The number of benzene rings is 2. The van der Waals surface area contributed by atoms with Crippen molar-refractivity contribution in [2.45, 2.75) is 25.8 Å². The molecule has 0 spiro atoms. The summed E-state index contributed by atoms with van der Waals surface area (Å²) in [7, 11) is 0. The fourth-order valence-electron chi connectivity index (χ4n) is 4.45. The van der Waals surface area contributed by atoms with Crippen LogP contribution in [0.15, 0.2) is 48.5 Å². The van der Waals surface area contributed by atoms with Crippen LogP contribution < -0.4 is 0 Å². The molecule has 158 valence electrons. The molecule has 2 aromatic carbocycles. The van der Waals surface area contributed by atoms with E-state index in [9.17, 15) is 14.0 Å². The number of likely N-dealkylation sites (tertiary alicyclic amines) is 1.